The number of hydrogen-bond acceptors (Lipinski definition) is 6. The summed E-state index contributed by atoms with van der Waals surface area (Å²) < 4.78 is 6.23. The molecule has 0 N–H and O–H groups in total. The van der Waals surface area contributed by atoms with Gasteiger partial charge >= 0.3 is 0 Å². The Labute approximate surface area is 127 Å². The van der Waals surface area contributed by atoms with Crippen molar-refractivity contribution in [1.82, 2.24) is 4.98 Å². The molecule has 0 saturated heterocycles. The van der Waals surface area contributed by atoms with E-state index in [1.54, 1.807) is 24.3 Å². The Morgan fingerprint density at radius 1 is 1.35 bits per heavy atom. The number of carbonyl (C=O) groups is 2. The highest BCUT2D eigenvalue weighted by Crippen LogP contribution is 2.19. The number of thiazole rings is 1. The van der Waals surface area contributed by atoms with E-state index in [1.165, 1.54) is 6.92 Å². The van der Waals surface area contributed by atoms with Crippen LogP contribution in [0.2, 0.25) is 0 Å². The van der Waals surface area contributed by atoms with Gasteiger partial charge in [0.2, 0.25) is 5.78 Å². The van der Waals surface area contributed by atoms with Crippen molar-refractivity contribution in [3.8, 4) is 5.75 Å². The number of hydrogen-bond donors (Lipinski definition) is 0. The second kappa shape index (κ2) is 6.15. The first-order valence-electron chi connectivity index (χ1n) is 5.57. The summed E-state index contributed by atoms with van der Waals surface area (Å²) in [5, 5.41) is 10.9. The molecule has 20 heavy (non-hydrogen) atoms. The fourth-order valence-electron chi connectivity index (χ4n) is 1.45. The molecule has 0 saturated carbocycles. The summed E-state index contributed by atoms with van der Waals surface area (Å²) >= 11 is 4.10. The predicted molar refractivity (Wildman–Crippen MR) is 75.1 cm³/mol. The zero-order chi connectivity index (χ0) is 14.7. The number of Topliss-reactive ketones (excluding diaryl/α,β-unsaturated/α-hetero) is 1. The largest absolute Gasteiger partial charge is 0.544 e. The summed E-state index contributed by atoms with van der Waals surface area (Å²) in [6, 6.07) is 7.03. The van der Waals surface area contributed by atoms with Crippen LogP contribution in [0.15, 0.2) is 28.7 Å². The molecular formula is C13H9BrNO4S-. The smallest absolute Gasteiger partial charge is 0.228 e. The maximum Gasteiger partial charge on any atom is 0.228 e. The highest BCUT2D eigenvalue weighted by molar-refractivity contribution is 9.10. The number of aryl methyl sites for hydroxylation is 1. The molecule has 2 aromatic rings. The Kier molecular flexibility index (Phi) is 4.51. The van der Waals surface area contributed by atoms with Gasteiger partial charge in [0, 0.05) is 4.47 Å². The highest BCUT2D eigenvalue weighted by atomic mass is 79.9. The third kappa shape index (κ3) is 3.43. The van der Waals surface area contributed by atoms with Crippen molar-refractivity contribution in [2.45, 2.75) is 6.92 Å². The van der Waals surface area contributed by atoms with Crippen molar-refractivity contribution in [1.29, 1.82) is 0 Å². The van der Waals surface area contributed by atoms with Crippen molar-refractivity contribution in [3.05, 3.63) is 44.3 Å². The lowest BCUT2D eigenvalue weighted by Crippen LogP contribution is -2.21. The van der Waals surface area contributed by atoms with Crippen molar-refractivity contribution >= 4 is 39.0 Å². The molecule has 0 fully saturated rings. The average molecular weight is 355 g/mol. The van der Waals surface area contributed by atoms with Crippen molar-refractivity contribution < 1.29 is 19.4 Å². The fraction of sp³-hybridized carbons (Fsp3) is 0.154. The predicted octanol–water partition coefficient (Wildman–Crippen LogP) is 1.84. The fourth-order valence-corrected chi connectivity index (χ4v) is 2.54. The molecule has 1 aromatic heterocycles. The third-order valence-corrected chi connectivity index (χ3v) is 4.11. The minimum Gasteiger partial charge on any atom is -0.544 e. The Hall–Kier alpha value is -1.73. The van der Waals surface area contributed by atoms with Gasteiger partial charge < -0.3 is 14.6 Å². The molecule has 0 unspecified atom stereocenters. The van der Waals surface area contributed by atoms with Crippen LogP contribution in [-0.4, -0.2) is 23.3 Å². The molecule has 0 spiro atoms. The van der Waals surface area contributed by atoms with Crippen LogP contribution in [0, 0.1) is 6.92 Å². The second-order valence-corrected chi connectivity index (χ2v) is 5.80. The molecule has 0 aliphatic heterocycles. The van der Waals surface area contributed by atoms with Gasteiger partial charge in [0.05, 0.1) is 16.5 Å². The van der Waals surface area contributed by atoms with E-state index < -0.39 is 5.97 Å². The van der Waals surface area contributed by atoms with E-state index in [4.69, 9.17) is 4.74 Å². The van der Waals surface area contributed by atoms with Gasteiger partial charge in [-0.05, 0) is 31.2 Å². The zero-order valence-corrected chi connectivity index (χ0v) is 12.8. The average Bonchev–Trinajstić information content (AvgIpc) is 2.80. The van der Waals surface area contributed by atoms with Crippen LogP contribution in [-0.2, 0) is 0 Å². The SMILES string of the molecule is Cc1nc(C(=O)COc2ccc(Br)cc2)sc1C(=O)[O-]. The molecule has 1 aromatic carbocycles. The van der Waals surface area contributed by atoms with E-state index >= 15 is 0 Å². The molecule has 2 rings (SSSR count). The number of aromatic nitrogens is 1. The van der Waals surface area contributed by atoms with Gasteiger partial charge in [-0.2, -0.15) is 0 Å². The number of nitrogens with zero attached hydrogens (tertiary/aromatic N) is 1. The van der Waals surface area contributed by atoms with Crippen LogP contribution in [0.25, 0.3) is 0 Å². The van der Waals surface area contributed by atoms with Crippen LogP contribution >= 0.6 is 27.3 Å². The van der Waals surface area contributed by atoms with E-state index in [0.29, 0.717) is 5.75 Å². The molecule has 0 atom stereocenters. The lowest BCUT2D eigenvalue weighted by molar-refractivity contribution is -0.254. The van der Waals surface area contributed by atoms with Crippen LogP contribution < -0.4 is 9.84 Å². The maximum absolute atomic E-state index is 11.9. The molecule has 0 aliphatic carbocycles. The summed E-state index contributed by atoms with van der Waals surface area (Å²) in [5.41, 5.74) is 0.280. The van der Waals surface area contributed by atoms with Crippen molar-refractivity contribution in [2.24, 2.45) is 0 Å². The summed E-state index contributed by atoms with van der Waals surface area (Å²) in [6.45, 7) is 1.33. The third-order valence-electron chi connectivity index (χ3n) is 2.40. The summed E-state index contributed by atoms with van der Waals surface area (Å²) in [7, 11) is 0. The van der Waals surface area contributed by atoms with Crippen LogP contribution in [0.4, 0.5) is 0 Å². The number of carboxylic acids is 1. The molecular weight excluding hydrogens is 346 g/mol. The van der Waals surface area contributed by atoms with Crippen LogP contribution in [0.5, 0.6) is 5.75 Å². The van der Waals surface area contributed by atoms with Gasteiger partial charge in [-0.15, -0.1) is 11.3 Å². The van der Waals surface area contributed by atoms with Crippen molar-refractivity contribution in [3.63, 3.8) is 0 Å². The second-order valence-electron chi connectivity index (χ2n) is 3.89. The summed E-state index contributed by atoms with van der Waals surface area (Å²) in [5.74, 6) is -1.14. The number of aromatic carboxylic acids is 1. The quantitative estimate of drug-likeness (QED) is 0.765. The number of ketones is 1. The lowest BCUT2D eigenvalue weighted by atomic mass is 10.3. The topological polar surface area (TPSA) is 79.3 Å². The number of rotatable bonds is 5. The summed E-state index contributed by atoms with van der Waals surface area (Å²) in [6.07, 6.45) is 0. The Morgan fingerprint density at radius 2 is 2.00 bits per heavy atom. The first kappa shape index (κ1) is 14.7. The lowest BCUT2D eigenvalue weighted by Gasteiger charge is -2.03. The van der Waals surface area contributed by atoms with Crippen LogP contribution in [0.1, 0.15) is 25.2 Å². The van der Waals surface area contributed by atoms with E-state index in [0.717, 1.165) is 15.8 Å². The maximum atomic E-state index is 11.9. The number of carbonyl (C=O) groups excluding carboxylic acids is 2. The molecule has 1 heterocycles. The zero-order valence-electron chi connectivity index (χ0n) is 10.4. The normalized spacial score (nSPS) is 10.3. The first-order valence-corrected chi connectivity index (χ1v) is 7.18. The van der Waals surface area contributed by atoms with E-state index in [2.05, 4.69) is 20.9 Å². The molecule has 5 nitrogen and oxygen atoms in total. The van der Waals surface area contributed by atoms with E-state index in [-0.39, 0.29) is 28.0 Å². The Bertz CT molecular complexity index is 651. The number of halogens is 1. The molecule has 7 heteroatoms. The minimum atomic E-state index is -1.33. The molecule has 0 aliphatic rings. The standard InChI is InChI=1S/C13H10BrNO4S/c1-7-11(13(17)18)20-12(15-7)10(16)6-19-9-4-2-8(14)3-5-9/h2-5H,6H2,1H3,(H,17,18)/p-1. The number of carboxylic acid groups (broad SMARTS) is 1. The Morgan fingerprint density at radius 3 is 2.55 bits per heavy atom. The number of benzene rings is 1. The Balaban J connectivity index is 2.03. The summed E-state index contributed by atoms with van der Waals surface area (Å²) in [4.78, 5) is 26.5. The van der Waals surface area contributed by atoms with Gasteiger partial charge in [0.25, 0.3) is 0 Å². The first-order chi connectivity index (χ1) is 9.47. The van der Waals surface area contributed by atoms with E-state index in [1.807, 2.05) is 0 Å². The van der Waals surface area contributed by atoms with Crippen LogP contribution in [0.3, 0.4) is 0 Å². The number of ether oxygens (including phenoxy) is 1. The molecule has 0 radical (unpaired) electrons. The molecule has 0 bridgehead atoms. The molecule has 104 valence electrons. The minimum absolute atomic E-state index is 0.0306. The van der Waals surface area contributed by atoms with Gasteiger partial charge in [-0.1, -0.05) is 15.9 Å². The van der Waals surface area contributed by atoms with Gasteiger partial charge in [-0.3, -0.25) is 4.79 Å². The molecule has 0 amide bonds. The monoisotopic (exact) mass is 354 g/mol. The van der Waals surface area contributed by atoms with Gasteiger partial charge in [-0.25, -0.2) is 4.98 Å². The van der Waals surface area contributed by atoms with E-state index in [9.17, 15) is 14.7 Å². The van der Waals surface area contributed by atoms with Gasteiger partial charge in [0.1, 0.15) is 5.75 Å². The van der Waals surface area contributed by atoms with Gasteiger partial charge in [0.15, 0.2) is 11.6 Å². The highest BCUT2D eigenvalue weighted by Gasteiger charge is 2.15. The van der Waals surface area contributed by atoms with Crippen molar-refractivity contribution in [2.75, 3.05) is 6.61 Å².